The Morgan fingerprint density at radius 3 is 2.86 bits per heavy atom. The van der Waals surface area contributed by atoms with E-state index in [0.29, 0.717) is 18.1 Å². The maximum atomic E-state index is 12.3. The van der Waals surface area contributed by atoms with Gasteiger partial charge in [-0.25, -0.2) is 8.42 Å². The van der Waals surface area contributed by atoms with E-state index in [1.807, 2.05) is 18.2 Å². The molecule has 1 saturated heterocycles. The SMILES string of the molecule is CCS(=O)(=O)N1CC(=O)N2CCc3ccc(Cl)cc3C2C1. The van der Waals surface area contributed by atoms with Gasteiger partial charge >= 0.3 is 0 Å². The lowest BCUT2D eigenvalue weighted by Gasteiger charge is -2.44. The lowest BCUT2D eigenvalue weighted by molar-refractivity contribution is -0.138. The fourth-order valence-corrected chi connectivity index (χ4v) is 4.28. The summed E-state index contributed by atoms with van der Waals surface area (Å²) in [5.41, 5.74) is 2.11. The lowest BCUT2D eigenvalue weighted by Crippen LogP contribution is -2.55. The molecule has 1 atom stereocenters. The molecule has 0 spiro atoms. The first-order valence-electron chi connectivity index (χ1n) is 6.98. The normalized spacial score (nSPS) is 22.9. The number of benzene rings is 1. The number of hydrogen-bond acceptors (Lipinski definition) is 3. The number of amides is 1. The third-order valence-electron chi connectivity index (χ3n) is 4.23. The fraction of sp³-hybridized carbons (Fsp3) is 0.500. The molecule has 1 aromatic carbocycles. The fourth-order valence-electron chi connectivity index (χ4n) is 3.06. The van der Waals surface area contributed by atoms with Crippen LogP contribution in [0.3, 0.4) is 0 Å². The summed E-state index contributed by atoms with van der Waals surface area (Å²) in [6, 6.07) is 5.42. The molecule has 0 bridgehead atoms. The van der Waals surface area contributed by atoms with Crippen LogP contribution >= 0.6 is 11.6 Å². The van der Waals surface area contributed by atoms with Gasteiger partial charge in [-0.15, -0.1) is 0 Å². The summed E-state index contributed by atoms with van der Waals surface area (Å²) in [6.45, 7) is 2.49. The van der Waals surface area contributed by atoms with Gasteiger partial charge < -0.3 is 4.90 Å². The molecule has 1 aromatic rings. The van der Waals surface area contributed by atoms with Crippen LogP contribution in [-0.2, 0) is 21.2 Å². The van der Waals surface area contributed by atoms with Crippen molar-refractivity contribution in [2.75, 3.05) is 25.4 Å². The number of fused-ring (bicyclic) bond motifs is 3. The summed E-state index contributed by atoms with van der Waals surface area (Å²) < 4.78 is 25.5. The minimum absolute atomic E-state index is 0.00933. The van der Waals surface area contributed by atoms with E-state index in [2.05, 4.69) is 0 Å². The molecule has 7 heteroatoms. The van der Waals surface area contributed by atoms with Gasteiger partial charge in [-0.2, -0.15) is 4.31 Å². The van der Waals surface area contributed by atoms with Crippen LogP contribution in [0.5, 0.6) is 0 Å². The van der Waals surface area contributed by atoms with Gasteiger partial charge in [0.15, 0.2) is 0 Å². The van der Waals surface area contributed by atoms with Crippen molar-refractivity contribution in [3.05, 3.63) is 34.3 Å². The zero-order valence-corrected chi connectivity index (χ0v) is 13.3. The molecule has 0 N–H and O–H groups in total. The molecule has 1 unspecified atom stereocenters. The second kappa shape index (κ2) is 5.26. The molecule has 2 aliphatic rings. The Labute approximate surface area is 129 Å². The average molecular weight is 329 g/mol. The lowest BCUT2D eigenvalue weighted by atomic mass is 9.91. The van der Waals surface area contributed by atoms with E-state index in [1.165, 1.54) is 4.31 Å². The maximum Gasteiger partial charge on any atom is 0.238 e. The molecule has 0 aromatic heterocycles. The Hall–Kier alpha value is -1.11. The molecular formula is C14H17ClN2O3S. The highest BCUT2D eigenvalue weighted by molar-refractivity contribution is 7.89. The van der Waals surface area contributed by atoms with Crippen LogP contribution in [0.15, 0.2) is 18.2 Å². The van der Waals surface area contributed by atoms with Gasteiger partial charge in [0, 0.05) is 18.1 Å². The van der Waals surface area contributed by atoms with Gasteiger partial charge in [-0.1, -0.05) is 17.7 Å². The number of carbonyl (C=O) groups excluding carboxylic acids is 1. The molecule has 5 nitrogen and oxygen atoms in total. The molecule has 0 saturated carbocycles. The quantitative estimate of drug-likeness (QED) is 0.825. The molecule has 2 heterocycles. The van der Waals surface area contributed by atoms with Crippen LogP contribution in [-0.4, -0.2) is 48.9 Å². The third-order valence-corrected chi connectivity index (χ3v) is 6.26. The molecule has 114 valence electrons. The summed E-state index contributed by atoms with van der Waals surface area (Å²) in [7, 11) is -3.36. The van der Waals surface area contributed by atoms with Crippen molar-refractivity contribution < 1.29 is 13.2 Å². The van der Waals surface area contributed by atoms with Crippen molar-refractivity contribution in [3.8, 4) is 0 Å². The second-order valence-electron chi connectivity index (χ2n) is 5.39. The van der Waals surface area contributed by atoms with Gasteiger partial charge in [-0.05, 0) is 36.6 Å². The van der Waals surface area contributed by atoms with Crippen LogP contribution in [0.1, 0.15) is 24.1 Å². The monoisotopic (exact) mass is 328 g/mol. The molecule has 1 amide bonds. The number of carbonyl (C=O) groups is 1. The van der Waals surface area contributed by atoms with Gasteiger partial charge in [0.25, 0.3) is 0 Å². The zero-order valence-electron chi connectivity index (χ0n) is 11.8. The van der Waals surface area contributed by atoms with E-state index in [-0.39, 0.29) is 24.2 Å². The molecule has 21 heavy (non-hydrogen) atoms. The Balaban J connectivity index is 2.00. The van der Waals surface area contributed by atoms with E-state index in [0.717, 1.165) is 17.5 Å². The van der Waals surface area contributed by atoms with Crippen LogP contribution in [0.2, 0.25) is 5.02 Å². The Kier molecular flexibility index (Phi) is 3.71. The van der Waals surface area contributed by atoms with Crippen LogP contribution in [0.25, 0.3) is 0 Å². The number of nitrogens with zero attached hydrogens (tertiary/aromatic N) is 2. The van der Waals surface area contributed by atoms with Crippen molar-refractivity contribution >= 4 is 27.5 Å². The summed E-state index contributed by atoms with van der Waals surface area (Å²) in [5.74, 6) is -0.121. The van der Waals surface area contributed by atoms with E-state index >= 15 is 0 Å². The van der Waals surface area contributed by atoms with E-state index in [4.69, 9.17) is 11.6 Å². The van der Waals surface area contributed by atoms with Crippen molar-refractivity contribution in [1.82, 2.24) is 9.21 Å². The largest absolute Gasteiger partial charge is 0.333 e. The first-order valence-corrected chi connectivity index (χ1v) is 8.96. The predicted octanol–water partition coefficient (Wildman–Crippen LogP) is 1.43. The summed E-state index contributed by atoms with van der Waals surface area (Å²) >= 11 is 6.06. The highest BCUT2D eigenvalue weighted by atomic mass is 35.5. The second-order valence-corrected chi connectivity index (χ2v) is 8.08. The van der Waals surface area contributed by atoms with Crippen molar-refractivity contribution in [1.29, 1.82) is 0 Å². The highest BCUT2D eigenvalue weighted by Crippen LogP contribution is 2.35. The average Bonchev–Trinajstić information content (AvgIpc) is 2.47. The summed E-state index contributed by atoms with van der Waals surface area (Å²) in [4.78, 5) is 14.1. The van der Waals surface area contributed by atoms with Gasteiger partial charge in [-0.3, -0.25) is 4.79 Å². The van der Waals surface area contributed by atoms with Gasteiger partial charge in [0.2, 0.25) is 15.9 Å². The van der Waals surface area contributed by atoms with Gasteiger partial charge in [0.05, 0.1) is 18.3 Å². The van der Waals surface area contributed by atoms with Crippen molar-refractivity contribution in [3.63, 3.8) is 0 Å². The van der Waals surface area contributed by atoms with E-state index < -0.39 is 10.0 Å². The molecule has 1 fully saturated rings. The topological polar surface area (TPSA) is 57.7 Å². The minimum atomic E-state index is -3.36. The summed E-state index contributed by atoms with van der Waals surface area (Å²) in [5, 5.41) is 0.610. The van der Waals surface area contributed by atoms with Crippen LogP contribution in [0, 0.1) is 0 Å². The van der Waals surface area contributed by atoms with E-state index in [9.17, 15) is 13.2 Å². The van der Waals surface area contributed by atoms with Crippen LogP contribution in [0.4, 0.5) is 0 Å². The molecular weight excluding hydrogens is 312 g/mol. The predicted molar refractivity (Wildman–Crippen MR) is 80.6 cm³/mol. The van der Waals surface area contributed by atoms with Crippen molar-refractivity contribution in [2.45, 2.75) is 19.4 Å². The standard InChI is InChI=1S/C14H17ClN2O3S/c1-2-21(19,20)16-8-13-12-7-11(15)4-3-10(12)5-6-17(13)14(18)9-16/h3-4,7,13H,2,5-6,8-9H2,1H3. The molecule has 0 radical (unpaired) electrons. The zero-order chi connectivity index (χ0) is 15.2. The number of sulfonamides is 1. The number of piperazine rings is 1. The Bertz CT molecular complexity index is 689. The Morgan fingerprint density at radius 2 is 2.14 bits per heavy atom. The summed E-state index contributed by atoms with van der Waals surface area (Å²) in [6.07, 6.45) is 0.787. The van der Waals surface area contributed by atoms with Crippen molar-refractivity contribution in [2.24, 2.45) is 0 Å². The third kappa shape index (κ3) is 2.56. The first kappa shape index (κ1) is 14.8. The molecule has 2 aliphatic heterocycles. The maximum absolute atomic E-state index is 12.3. The minimum Gasteiger partial charge on any atom is -0.333 e. The van der Waals surface area contributed by atoms with E-state index in [1.54, 1.807) is 11.8 Å². The van der Waals surface area contributed by atoms with Crippen LogP contribution < -0.4 is 0 Å². The smallest absolute Gasteiger partial charge is 0.238 e. The molecule has 0 aliphatic carbocycles. The highest BCUT2D eigenvalue weighted by Gasteiger charge is 2.40. The number of halogens is 1. The number of rotatable bonds is 2. The first-order chi connectivity index (χ1) is 9.92. The Morgan fingerprint density at radius 1 is 1.38 bits per heavy atom. The number of hydrogen-bond donors (Lipinski definition) is 0. The molecule has 3 rings (SSSR count). The van der Waals surface area contributed by atoms with Gasteiger partial charge in [0.1, 0.15) is 0 Å².